The largest absolute Gasteiger partial charge is 0.421 e. The van der Waals surface area contributed by atoms with Crippen LogP contribution in [0.1, 0.15) is 45.1 Å². The first kappa shape index (κ1) is 26.2. The lowest BCUT2D eigenvalue weighted by atomic mass is 9.83. The van der Waals surface area contributed by atoms with E-state index in [4.69, 9.17) is 61.3 Å². The van der Waals surface area contributed by atoms with Crippen LogP contribution in [0, 0.1) is 19.7 Å². The molecule has 5 aromatic rings. The molecule has 0 amide bonds. The fraction of sp³-hybridized carbons (Fsp3) is 0.172. The van der Waals surface area contributed by atoms with E-state index in [1.165, 1.54) is 6.07 Å². The highest BCUT2D eigenvalue weighted by atomic mass is 35.5. The summed E-state index contributed by atoms with van der Waals surface area (Å²) < 4.78 is 25.4. The molecule has 10 heteroatoms. The van der Waals surface area contributed by atoms with Crippen molar-refractivity contribution in [2.24, 2.45) is 0 Å². The van der Waals surface area contributed by atoms with E-state index in [9.17, 15) is 0 Å². The van der Waals surface area contributed by atoms with E-state index < -0.39 is 5.92 Å². The molecule has 1 aliphatic rings. The summed E-state index contributed by atoms with van der Waals surface area (Å²) in [6.07, 6.45) is 0. The lowest BCUT2D eigenvalue weighted by Crippen LogP contribution is -2.16. The van der Waals surface area contributed by atoms with E-state index >= 15 is 4.39 Å². The quantitative estimate of drug-likeness (QED) is 0.198. The summed E-state index contributed by atoms with van der Waals surface area (Å²) in [5, 5.41) is 11.7. The molecule has 3 aromatic carbocycles. The molecule has 0 atom stereocenters. The maximum Gasteiger partial charge on any atom is 0.224 e. The number of hydrogen-bond donors (Lipinski definition) is 0. The first-order chi connectivity index (χ1) is 18.7. The van der Waals surface area contributed by atoms with Gasteiger partial charge in [0, 0.05) is 36.8 Å². The van der Waals surface area contributed by atoms with E-state index in [0.717, 1.165) is 33.6 Å². The molecule has 0 spiro atoms. The fourth-order valence-electron chi connectivity index (χ4n) is 5.12. The van der Waals surface area contributed by atoms with Crippen LogP contribution in [0.2, 0.25) is 20.1 Å². The van der Waals surface area contributed by atoms with Crippen LogP contribution in [-0.2, 0) is 13.1 Å². The highest BCUT2D eigenvalue weighted by molar-refractivity contribution is 6.35. The second kappa shape index (κ2) is 10.2. The molecule has 0 saturated carbocycles. The van der Waals surface area contributed by atoms with E-state index in [0.29, 0.717) is 50.5 Å². The molecule has 0 saturated heterocycles. The number of aromatic nitrogens is 4. The van der Waals surface area contributed by atoms with Gasteiger partial charge in [-0.15, -0.1) is 0 Å². The van der Waals surface area contributed by atoms with Crippen LogP contribution in [0.4, 0.5) is 4.39 Å². The van der Waals surface area contributed by atoms with Crippen molar-refractivity contribution >= 4 is 46.4 Å². The number of hydrogen-bond acceptors (Lipinski definition) is 3. The first-order valence-corrected chi connectivity index (χ1v) is 13.7. The Morgan fingerprint density at radius 3 is 1.69 bits per heavy atom. The molecule has 0 aliphatic carbocycles. The third kappa shape index (κ3) is 4.70. The molecule has 3 heterocycles. The zero-order valence-corrected chi connectivity index (χ0v) is 23.9. The monoisotopic (exact) mass is 600 g/mol. The van der Waals surface area contributed by atoms with Gasteiger partial charge in [0.1, 0.15) is 5.82 Å². The molecule has 0 radical (unpaired) electrons. The van der Waals surface area contributed by atoms with Crippen molar-refractivity contribution in [3.63, 3.8) is 0 Å². The van der Waals surface area contributed by atoms with Gasteiger partial charge in [-0.05, 0) is 55.3 Å². The zero-order valence-electron chi connectivity index (χ0n) is 20.9. The summed E-state index contributed by atoms with van der Waals surface area (Å²) in [5.74, 6) is 0.209. The minimum atomic E-state index is -0.478. The number of fused-ring (bicyclic) bond motifs is 2. The first-order valence-electron chi connectivity index (χ1n) is 12.2. The smallest absolute Gasteiger partial charge is 0.224 e. The van der Waals surface area contributed by atoms with Gasteiger partial charge < -0.3 is 4.74 Å². The van der Waals surface area contributed by atoms with Crippen LogP contribution < -0.4 is 4.74 Å². The van der Waals surface area contributed by atoms with Gasteiger partial charge in [-0.2, -0.15) is 10.2 Å². The number of halogens is 5. The van der Waals surface area contributed by atoms with Crippen LogP contribution in [0.5, 0.6) is 11.8 Å². The minimum Gasteiger partial charge on any atom is -0.421 e. The summed E-state index contributed by atoms with van der Waals surface area (Å²) in [6, 6.07) is 17.4. The van der Waals surface area contributed by atoms with Gasteiger partial charge in [0.05, 0.1) is 30.4 Å². The summed E-state index contributed by atoms with van der Waals surface area (Å²) in [6.45, 7) is 4.46. The molecule has 0 fully saturated rings. The Labute approximate surface area is 244 Å². The molecule has 0 N–H and O–H groups in total. The molecule has 39 heavy (non-hydrogen) atoms. The normalized spacial score (nSPS) is 12.8. The van der Waals surface area contributed by atoms with Gasteiger partial charge in [-0.25, -0.2) is 13.8 Å². The Hall–Kier alpha value is -3.03. The third-order valence-corrected chi connectivity index (χ3v) is 8.08. The zero-order chi connectivity index (χ0) is 27.4. The Morgan fingerprint density at radius 2 is 1.23 bits per heavy atom. The molecule has 6 rings (SSSR count). The van der Waals surface area contributed by atoms with Crippen LogP contribution >= 0.6 is 46.4 Å². The number of rotatable bonds is 5. The van der Waals surface area contributed by atoms with Crippen molar-refractivity contribution in [2.45, 2.75) is 32.9 Å². The van der Waals surface area contributed by atoms with E-state index in [2.05, 4.69) is 0 Å². The molecule has 0 unspecified atom stereocenters. The van der Waals surface area contributed by atoms with E-state index in [-0.39, 0.29) is 5.82 Å². The van der Waals surface area contributed by atoms with Crippen molar-refractivity contribution in [2.75, 3.05) is 0 Å². The topological polar surface area (TPSA) is 44.9 Å². The highest BCUT2D eigenvalue weighted by Gasteiger charge is 2.39. The Balaban J connectivity index is 1.52. The second-order valence-corrected chi connectivity index (χ2v) is 11.1. The molecule has 2 aromatic heterocycles. The molecule has 0 bridgehead atoms. The molecule has 1 aliphatic heterocycles. The summed E-state index contributed by atoms with van der Waals surface area (Å²) in [7, 11) is 0. The third-order valence-electron chi connectivity index (χ3n) is 6.91. The number of benzene rings is 3. The lowest BCUT2D eigenvalue weighted by molar-refractivity contribution is 0.361. The van der Waals surface area contributed by atoms with Crippen molar-refractivity contribution in [1.29, 1.82) is 0 Å². The maximum absolute atomic E-state index is 15.4. The molecular weight excluding hydrogens is 581 g/mol. The lowest BCUT2D eigenvalue weighted by Gasteiger charge is -2.26. The van der Waals surface area contributed by atoms with Crippen LogP contribution in [0.25, 0.3) is 0 Å². The van der Waals surface area contributed by atoms with Gasteiger partial charge in [0.15, 0.2) is 0 Å². The summed E-state index contributed by atoms with van der Waals surface area (Å²) >= 11 is 25.2. The van der Waals surface area contributed by atoms with Gasteiger partial charge >= 0.3 is 0 Å². The van der Waals surface area contributed by atoms with Crippen LogP contribution in [0.15, 0.2) is 60.7 Å². The second-order valence-electron chi connectivity index (χ2n) is 9.45. The molecule has 198 valence electrons. The average molecular weight is 602 g/mol. The standard InChI is InChI=1S/C29H21Cl4FN4O/c1-15-25-27(21-5-3-4-6-24(21)34)26-16(2)36-38(14-18-8-10-20(31)12-23(18)33)29(26)39-28(25)37(35-15)13-17-7-9-19(30)11-22(17)32/h3-12,27H,13-14H2,1-2H3. The Morgan fingerprint density at radius 1 is 0.744 bits per heavy atom. The van der Waals surface area contributed by atoms with Crippen LogP contribution in [0.3, 0.4) is 0 Å². The van der Waals surface area contributed by atoms with Crippen molar-refractivity contribution < 1.29 is 9.13 Å². The van der Waals surface area contributed by atoms with E-state index in [1.54, 1.807) is 45.8 Å². The summed E-state index contributed by atoms with van der Waals surface area (Å²) in [4.78, 5) is 0. The van der Waals surface area contributed by atoms with Crippen LogP contribution in [-0.4, -0.2) is 19.6 Å². The Bertz CT molecular complexity index is 1640. The predicted molar refractivity (Wildman–Crippen MR) is 152 cm³/mol. The Kier molecular flexibility index (Phi) is 6.84. The van der Waals surface area contributed by atoms with Crippen molar-refractivity contribution in [3.8, 4) is 11.8 Å². The fourth-order valence-corrected chi connectivity index (χ4v) is 6.06. The molecular formula is C29H21Cl4FN4O. The number of aryl methyl sites for hydroxylation is 2. The van der Waals surface area contributed by atoms with E-state index in [1.807, 2.05) is 32.0 Å². The van der Waals surface area contributed by atoms with Gasteiger partial charge in [0.25, 0.3) is 0 Å². The van der Waals surface area contributed by atoms with Gasteiger partial charge in [0.2, 0.25) is 11.8 Å². The van der Waals surface area contributed by atoms with Crippen molar-refractivity contribution in [1.82, 2.24) is 19.6 Å². The molecule has 5 nitrogen and oxygen atoms in total. The van der Waals surface area contributed by atoms with Gasteiger partial charge in [-0.3, -0.25) is 0 Å². The average Bonchev–Trinajstić information content (AvgIpc) is 3.37. The van der Waals surface area contributed by atoms with Gasteiger partial charge in [-0.1, -0.05) is 76.7 Å². The summed E-state index contributed by atoms with van der Waals surface area (Å²) in [5.41, 5.74) is 5.17. The predicted octanol–water partition coefficient (Wildman–Crippen LogP) is 8.83. The van der Waals surface area contributed by atoms with Crippen molar-refractivity contribution in [3.05, 3.63) is 126 Å². The maximum atomic E-state index is 15.4. The highest BCUT2D eigenvalue weighted by Crippen LogP contribution is 2.50. The minimum absolute atomic E-state index is 0.318. The SMILES string of the molecule is Cc1nn(Cc2ccc(Cl)cc2Cl)c2c1C(c1ccccc1F)c1c(C)nn(Cc3ccc(Cl)cc3Cl)c1O2. The number of ether oxygens (including phenoxy) is 1. The number of nitrogens with zero attached hydrogens (tertiary/aromatic N) is 4.